The molecule has 1 fully saturated rings. The molecule has 0 aliphatic carbocycles. The van der Waals surface area contributed by atoms with Crippen LogP contribution in [0.3, 0.4) is 0 Å². The van der Waals surface area contributed by atoms with E-state index in [-0.39, 0.29) is 5.91 Å². The number of nitrogens with one attached hydrogen (secondary N) is 1. The Hall–Kier alpha value is -3.14. The van der Waals surface area contributed by atoms with Crippen LogP contribution in [0.5, 0.6) is 0 Å². The van der Waals surface area contributed by atoms with Gasteiger partial charge in [0.05, 0.1) is 0 Å². The van der Waals surface area contributed by atoms with E-state index in [4.69, 9.17) is 0 Å². The van der Waals surface area contributed by atoms with Gasteiger partial charge >= 0.3 is 0 Å². The van der Waals surface area contributed by atoms with E-state index in [0.717, 1.165) is 59.7 Å². The number of aromatic nitrogens is 1. The third-order valence-corrected chi connectivity index (χ3v) is 5.25. The number of benzene rings is 2. The first-order chi connectivity index (χ1) is 13.7. The van der Waals surface area contributed by atoms with Crippen LogP contribution in [0.4, 0.5) is 11.5 Å². The molecule has 0 bridgehead atoms. The molecule has 0 radical (unpaired) electrons. The number of hydrogen-bond acceptors (Lipinski definition) is 3. The topological polar surface area (TPSA) is 45.2 Å². The van der Waals surface area contributed by atoms with Gasteiger partial charge in [0, 0.05) is 30.5 Å². The number of nitrogens with zero attached hydrogens (tertiary/aromatic N) is 2. The van der Waals surface area contributed by atoms with Crippen molar-refractivity contribution in [1.29, 1.82) is 0 Å². The molecule has 0 saturated carbocycles. The Morgan fingerprint density at radius 3 is 2.46 bits per heavy atom. The molecule has 4 rings (SSSR count). The second-order valence-corrected chi connectivity index (χ2v) is 7.30. The molecule has 1 aliphatic heterocycles. The van der Waals surface area contributed by atoms with Gasteiger partial charge in [0.25, 0.3) is 5.91 Å². The van der Waals surface area contributed by atoms with Crippen molar-refractivity contribution in [3.63, 3.8) is 0 Å². The van der Waals surface area contributed by atoms with E-state index in [9.17, 15) is 4.79 Å². The van der Waals surface area contributed by atoms with Crippen molar-refractivity contribution in [2.45, 2.75) is 26.2 Å². The maximum atomic E-state index is 13.0. The fraction of sp³-hybridized carbons (Fsp3) is 0.250. The van der Waals surface area contributed by atoms with Crippen LogP contribution in [0.1, 0.15) is 35.2 Å². The average molecular weight is 371 g/mol. The van der Waals surface area contributed by atoms with Gasteiger partial charge in [-0.15, -0.1) is 0 Å². The Labute approximate surface area is 166 Å². The highest BCUT2D eigenvalue weighted by Gasteiger charge is 2.20. The van der Waals surface area contributed by atoms with E-state index in [0.29, 0.717) is 0 Å². The van der Waals surface area contributed by atoms with Crippen molar-refractivity contribution in [3.8, 4) is 11.1 Å². The molecule has 1 N–H and O–H groups in total. The molecule has 2 aromatic carbocycles. The van der Waals surface area contributed by atoms with Gasteiger partial charge in [0.15, 0.2) is 0 Å². The third kappa shape index (κ3) is 4.06. The summed E-state index contributed by atoms with van der Waals surface area (Å²) in [5.74, 6) is 0.934. The van der Waals surface area contributed by atoms with Crippen LogP contribution < -0.4 is 5.32 Å². The molecule has 0 atom stereocenters. The standard InChI is InChI=1S/C24H25N3O/c1-18-10-11-19(16-22(18)24(28)27-14-6-3-7-15-27)20-12-13-25-23(17-20)26-21-8-4-2-5-9-21/h2,4-5,8-13,16-17H,3,6-7,14-15H2,1H3,(H,25,26). The smallest absolute Gasteiger partial charge is 0.254 e. The summed E-state index contributed by atoms with van der Waals surface area (Å²) in [6.45, 7) is 3.74. The molecule has 4 nitrogen and oxygen atoms in total. The number of hydrogen-bond donors (Lipinski definition) is 1. The lowest BCUT2D eigenvalue weighted by Gasteiger charge is -2.27. The summed E-state index contributed by atoms with van der Waals surface area (Å²) in [6, 6.07) is 20.1. The molecule has 0 unspecified atom stereocenters. The molecule has 142 valence electrons. The molecule has 4 heteroatoms. The number of aryl methyl sites for hydroxylation is 1. The van der Waals surface area contributed by atoms with Gasteiger partial charge in [-0.1, -0.05) is 30.3 Å². The van der Waals surface area contributed by atoms with Crippen molar-refractivity contribution in [2.75, 3.05) is 18.4 Å². The summed E-state index contributed by atoms with van der Waals surface area (Å²) in [7, 11) is 0. The number of likely N-dealkylation sites (tertiary alicyclic amines) is 1. The predicted molar refractivity (Wildman–Crippen MR) is 114 cm³/mol. The van der Waals surface area contributed by atoms with Crippen LogP contribution >= 0.6 is 0 Å². The quantitative estimate of drug-likeness (QED) is 0.665. The molecule has 1 amide bonds. The average Bonchev–Trinajstić information content (AvgIpc) is 2.75. The maximum Gasteiger partial charge on any atom is 0.254 e. The lowest BCUT2D eigenvalue weighted by atomic mass is 9.98. The Bertz CT molecular complexity index is 963. The second kappa shape index (κ2) is 8.26. The number of amides is 1. The van der Waals surface area contributed by atoms with Crippen LogP contribution in [-0.4, -0.2) is 28.9 Å². The van der Waals surface area contributed by atoms with Gasteiger partial charge in [0.2, 0.25) is 0 Å². The van der Waals surface area contributed by atoms with Gasteiger partial charge in [-0.3, -0.25) is 4.79 Å². The van der Waals surface area contributed by atoms with Crippen molar-refractivity contribution < 1.29 is 4.79 Å². The van der Waals surface area contributed by atoms with Crippen LogP contribution in [0.15, 0.2) is 66.9 Å². The van der Waals surface area contributed by atoms with Crippen molar-refractivity contribution in [1.82, 2.24) is 9.88 Å². The van der Waals surface area contributed by atoms with E-state index in [2.05, 4.69) is 16.4 Å². The molecule has 1 aromatic heterocycles. The minimum atomic E-state index is 0.149. The lowest BCUT2D eigenvalue weighted by Crippen LogP contribution is -2.35. The summed E-state index contributed by atoms with van der Waals surface area (Å²) in [4.78, 5) is 19.4. The zero-order valence-electron chi connectivity index (χ0n) is 16.2. The summed E-state index contributed by atoms with van der Waals surface area (Å²) in [6.07, 6.45) is 5.22. The van der Waals surface area contributed by atoms with Crippen LogP contribution in [0, 0.1) is 6.92 Å². The Morgan fingerprint density at radius 2 is 1.68 bits per heavy atom. The van der Waals surface area contributed by atoms with Crippen molar-refractivity contribution in [3.05, 3.63) is 78.0 Å². The van der Waals surface area contributed by atoms with Gasteiger partial charge in [-0.25, -0.2) is 4.98 Å². The largest absolute Gasteiger partial charge is 0.340 e. The molecule has 0 spiro atoms. The monoisotopic (exact) mass is 371 g/mol. The number of pyridine rings is 1. The Kier molecular flexibility index (Phi) is 5.38. The highest BCUT2D eigenvalue weighted by Crippen LogP contribution is 2.26. The summed E-state index contributed by atoms with van der Waals surface area (Å²) < 4.78 is 0. The Morgan fingerprint density at radius 1 is 0.929 bits per heavy atom. The second-order valence-electron chi connectivity index (χ2n) is 7.30. The fourth-order valence-electron chi connectivity index (χ4n) is 3.65. The normalized spacial score (nSPS) is 14.0. The van der Waals surface area contributed by atoms with E-state index >= 15 is 0 Å². The summed E-state index contributed by atoms with van der Waals surface area (Å²) >= 11 is 0. The minimum absolute atomic E-state index is 0.149. The molecular weight excluding hydrogens is 346 g/mol. The van der Waals surface area contributed by atoms with Crippen molar-refractivity contribution in [2.24, 2.45) is 0 Å². The van der Waals surface area contributed by atoms with Crippen LogP contribution in [0.2, 0.25) is 0 Å². The number of piperidine rings is 1. The van der Waals surface area contributed by atoms with Crippen molar-refractivity contribution >= 4 is 17.4 Å². The third-order valence-electron chi connectivity index (χ3n) is 5.25. The lowest BCUT2D eigenvalue weighted by molar-refractivity contribution is 0.0723. The minimum Gasteiger partial charge on any atom is -0.340 e. The molecule has 3 aromatic rings. The van der Waals surface area contributed by atoms with E-state index < -0.39 is 0 Å². The first-order valence-corrected chi connectivity index (χ1v) is 9.89. The highest BCUT2D eigenvalue weighted by molar-refractivity contribution is 5.97. The van der Waals surface area contributed by atoms with Gasteiger partial charge in [-0.2, -0.15) is 0 Å². The maximum absolute atomic E-state index is 13.0. The number of anilines is 2. The predicted octanol–water partition coefficient (Wildman–Crippen LogP) is 5.43. The first-order valence-electron chi connectivity index (χ1n) is 9.89. The summed E-state index contributed by atoms with van der Waals surface area (Å²) in [5.41, 5.74) is 4.90. The summed E-state index contributed by atoms with van der Waals surface area (Å²) in [5, 5.41) is 3.33. The number of carbonyl (C=O) groups is 1. The highest BCUT2D eigenvalue weighted by atomic mass is 16.2. The van der Waals surface area contributed by atoms with E-state index in [1.165, 1.54) is 6.42 Å². The fourth-order valence-corrected chi connectivity index (χ4v) is 3.65. The number of para-hydroxylation sites is 1. The zero-order chi connectivity index (χ0) is 19.3. The number of carbonyl (C=O) groups excluding carboxylic acids is 1. The molecule has 2 heterocycles. The Balaban J connectivity index is 1.61. The molecular formula is C24H25N3O. The SMILES string of the molecule is Cc1ccc(-c2ccnc(Nc3ccccc3)c2)cc1C(=O)N1CCCCC1. The van der Waals surface area contributed by atoms with Crippen LogP contribution in [0.25, 0.3) is 11.1 Å². The van der Waals surface area contributed by atoms with Crippen LogP contribution in [-0.2, 0) is 0 Å². The molecule has 1 aliphatic rings. The van der Waals surface area contributed by atoms with Gasteiger partial charge < -0.3 is 10.2 Å². The van der Waals surface area contributed by atoms with Gasteiger partial charge in [-0.05, 0) is 73.2 Å². The van der Waals surface area contributed by atoms with Gasteiger partial charge in [0.1, 0.15) is 5.82 Å². The first kappa shape index (κ1) is 18.2. The number of rotatable bonds is 4. The van der Waals surface area contributed by atoms with E-state index in [1.807, 2.05) is 66.4 Å². The zero-order valence-corrected chi connectivity index (χ0v) is 16.2. The molecule has 28 heavy (non-hydrogen) atoms. The van der Waals surface area contributed by atoms with E-state index in [1.54, 1.807) is 6.20 Å². The molecule has 1 saturated heterocycles.